The van der Waals surface area contributed by atoms with Crippen LogP contribution >= 0.6 is 0 Å². The van der Waals surface area contributed by atoms with Crippen LogP contribution in [0.4, 0.5) is 0 Å². The highest BCUT2D eigenvalue weighted by Gasteiger charge is 2.23. The largest absolute Gasteiger partial charge is 0.497 e. The van der Waals surface area contributed by atoms with Gasteiger partial charge in [-0.2, -0.15) is 0 Å². The lowest BCUT2D eigenvalue weighted by Gasteiger charge is -2.29. The van der Waals surface area contributed by atoms with Crippen molar-refractivity contribution < 1.29 is 4.74 Å². The number of fused-ring (bicyclic) bond motifs is 3. The molecule has 1 aliphatic heterocycles. The van der Waals surface area contributed by atoms with Crippen molar-refractivity contribution in [1.29, 1.82) is 0 Å². The Kier molecular flexibility index (Phi) is 5.15. The summed E-state index contributed by atoms with van der Waals surface area (Å²) >= 11 is 0. The molecule has 0 radical (unpaired) electrons. The van der Waals surface area contributed by atoms with E-state index in [1.165, 1.54) is 78.5 Å². The Morgan fingerprint density at radius 3 is 2.79 bits per heavy atom. The Balaban J connectivity index is 1.21. The van der Waals surface area contributed by atoms with Crippen molar-refractivity contribution in [3.8, 4) is 5.75 Å². The lowest BCUT2D eigenvalue weighted by Crippen LogP contribution is -2.31. The SMILES string of the molecule is COc1ccc2[nH]c3c(c2c1)CC(CCN1CC=C(c2ccccc2)CC1)CC3. The summed E-state index contributed by atoms with van der Waals surface area (Å²) in [5, 5.41) is 1.36. The molecule has 1 unspecified atom stereocenters. The third kappa shape index (κ3) is 3.84. The smallest absolute Gasteiger partial charge is 0.119 e. The van der Waals surface area contributed by atoms with E-state index in [1.54, 1.807) is 7.11 Å². The number of methoxy groups -OCH3 is 1. The van der Waals surface area contributed by atoms with Crippen LogP contribution in [0.15, 0.2) is 54.6 Å². The molecule has 3 nitrogen and oxygen atoms in total. The number of ether oxygens (including phenoxy) is 1. The van der Waals surface area contributed by atoms with Gasteiger partial charge in [-0.15, -0.1) is 0 Å². The van der Waals surface area contributed by atoms with Gasteiger partial charge < -0.3 is 9.72 Å². The van der Waals surface area contributed by atoms with Crippen LogP contribution < -0.4 is 4.74 Å². The normalized spacial score (nSPS) is 19.8. The maximum Gasteiger partial charge on any atom is 0.119 e. The summed E-state index contributed by atoms with van der Waals surface area (Å²) in [4.78, 5) is 6.27. The fourth-order valence-electron chi connectivity index (χ4n) is 5.04. The van der Waals surface area contributed by atoms with Gasteiger partial charge in [0.2, 0.25) is 0 Å². The van der Waals surface area contributed by atoms with E-state index < -0.39 is 0 Å². The number of nitrogens with zero attached hydrogens (tertiary/aromatic N) is 1. The monoisotopic (exact) mass is 386 g/mol. The standard InChI is InChI=1S/C26H30N2O/c1-29-22-8-10-26-24(18-22)23-17-19(7-9-25(23)27-26)11-14-28-15-12-21(13-16-28)20-5-3-2-4-6-20/h2-6,8,10,12,18-19,27H,7,9,11,13-17H2,1H3. The van der Waals surface area contributed by atoms with Crippen molar-refractivity contribution in [2.45, 2.75) is 32.1 Å². The first kappa shape index (κ1) is 18.5. The number of aromatic amines is 1. The van der Waals surface area contributed by atoms with Gasteiger partial charge in [-0.25, -0.2) is 0 Å². The second kappa shape index (κ2) is 8.08. The molecule has 1 aliphatic carbocycles. The molecule has 1 atom stereocenters. The van der Waals surface area contributed by atoms with E-state index in [2.05, 4.69) is 64.5 Å². The zero-order valence-corrected chi connectivity index (χ0v) is 17.3. The van der Waals surface area contributed by atoms with E-state index in [0.29, 0.717) is 0 Å². The molecule has 29 heavy (non-hydrogen) atoms. The Morgan fingerprint density at radius 2 is 2.00 bits per heavy atom. The first-order chi connectivity index (χ1) is 14.3. The molecule has 0 amide bonds. The number of H-pyrrole nitrogens is 1. The van der Waals surface area contributed by atoms with Gasteiger partial charge in [0, 0.05) is 29.7 Å². The van der Waals surface area contributed by atoms with Crippen LogP contribution in [0.2, 0.25) is 0 Å². The highest BCUT2D eigenvalue weighted by molar-refractivity contribution is 5.86. The molecule has 3 heteroatoms. The number of hydrogen-bond acceptors (Lipinski definition) is 2. The van der Waals surface area contributed by atoms with Crippen molar-refractivity contribution in [3.63, 3.8) is 0 Å². The Morgan fingerprint density at radius 1 is 1.10 bits per heavy atom. The second-order valence-corrected chi connectivity index (χ2v) is 8.54. The minimum atomic E-state index is 0.784. The van der Waals surface area contributed by atoms with E-state index in [1.807, 2.05) is 0 Å². The van der Waals surface area contributed by atoms with Crippen LogP contribution in [-0.4, -0.2) is 36.6 Å². The molecule has 0 saturated heterocycles. The summed E-state index contributed by atoms with van der Waals surface area (Å²) in [6, 6.07) is 17.3. The van der Waals surface area contributed by atoms with Crippen LogP contribution in [0, 0.1) is 5.92 Å². The third-order valence-corrected chi connectivity index (χ3v) is 6.79. The van der Waals surface area contributed by atoms with Gasteiger partial charge in [0.15, 0.2) is 0 Å². The minimum Gasteiger partial charge on any atom is -0.497 e. The zero-order chi connectivity index (χ0) is 19.6. The van der Waals surface area contributed by atoms with E-state index in [9.17, 15) is 0 Å². The quantitative estimate of drug-likeness (QED) is 0.630. The highest BCUT2D eigenvalue weighted by Crippen LogP contribution is 2.35. The van der Waals surface area contributed by atoms with E-state index in [0.717, 1.165) is 18.2 Å². The summed E-state index contributed by atoms with van der Waals surface area (Å²) < 4.78 is 5.45. The molecule has 0 spiro atoms. The molecule has 150 valence electrons. The molecule has 2 aromatic carbocycles. The van der Waals surface area contributed by atoms with Gasteiger partial charge in [0.25, 0.3) is 0 Å². The maximum atomic E-state index is 5.45. The molecule has 3 aromatic rings. The molecule has 2 aliphatic rings. The lowest BCUT2D eigenvalue weighted by molar-refractivity contribution is 0.265. The zero-order valence-electron chi connectivity index (χ0n) is 17.3. The summed E-state index contributed by atoms with van der Waals surface area (Å²) in [6.45, 7) is 3.49. The van der Waals surface area contributed by atoms with Gasteiger partial charge >= 0.3 is 0 Å². The van der Waals surface area contributed by atoms with Crippen molar-refractivity contribution in [2.24, 2.45) is 5.92 Å². The molecule has 0 saturated carbocycles. The van der Waals surface area contributed by atoms with Crippen LogP contribution in [-0.2, 0) is 12.8 Å². The molecule has 0 fully saturated rings. The van der Waals surface area contributed by atoms with Crippen LogP contribution in [0.25, 0.3) is 16.5 Å². The number of nitrogens with one attached hydrogen (secondary N) is 1. The number of rotatable bonds is 5. The van der Waals surface area contributed by atoms with Crippen LogP contribution in [0.3, 0.4) is 0 Å². The second-order valence-electron chi connectivity index (χ2n) is 8.54. The number of aromatic nitrogens is 1. The average molecular weight is 387 g/mol. The summed E-state index contributed by atoms with van der Waals surface area (Å²) in [7, 11) is 1.75. The predicted molar refractivity (Wildman–Crippen MR) is 120 cm³/mol. The van der Waals surface area contributed by atoms with Crippen molar-refractivity contribution in [3.05, 3.63) is 71.4 Å². The van der Waals surface area contributed by atoms with Gasteiger partial charge in [0.1, 0.15) is 5.75 Å². The number of hydrogen-bond donors (Lipinski definition) is 1. The maximum absolute atomic E-state index is 5.45. The fourth-order valence-corrected chi connectivity index (χ4v) is 5.04. The first-order valence-corrected chi connectivity index (χ1v) is 10.9. The Labute approximate surface area is 173 Å². The molecule has 2 heterocycles. The predicted octanol–water partition coefficient (Wildman–Crippen LogP) is 5.46. The molecule has 1 aromatic heterocycles. The topological polar surface area (TPSA) is 28.3 Å². The Bertz CT molecular complexity index is 1020. The van der Waals surface area contributed by atoms with Gasteiger partial charge in [-0.05, 0) is 79.5 Å². The third-order valence-electron chi connectivity index (χ3n) is 6.79. The van der Waals surface area contributed by atoms with E-state index in [4.69, 9.17) is 4.74 Å². The van der Waals surface area contributed by atoms with E-state index in [-0.39, 0.29) is 0 Å². The van der Waals surface area contributed by atoms with Gasteiger partial charge in [-0.3, -0.25) is 4.90 Å². The summed E-state index contributed by atoms with van der Waals surface area (Å²) in [5.74, 6) is 1.74. The van der Waals surface area contributed by atoms with Crippen molar-refractivity contribution >= 4 is 16.5 Å². The summed E-state index contributed by atoms with van der Waals surface area (Å²) in [5.41, 5.74) is 7.13. The molecule has 0 bridgehead atoms. The Hall–Kier alpha value is -2.52. The minimum absolute atomic E-state index is 0.784. The fraction of sp³-hybridized carbons (Fsp3) is 0.385. The highest BCUT2D eigenvalue weighted by atomic mass is 16.5. The summed E-state index contributed by atoms with van der Waals surface area (Å²) in [6.07, 6.45) is 8.57. The average Bonchev–Trinajstić information content (AvgIpc) is 3.15. The van der Waals surface area contributed by atoms with Crippen molar-refractivity contribution in [1.82, 2.24) is 9.88 Å². The van der Waals surface area contributed by atoms with E-state index >= 15 is 0 Å². The molecular formula is C26H30N2O. The first-order valence-electron chi connectivity index (χ1n) is 10.9. The number of aryl methyl sites for hydroxylation is 1. The number of benzene rings is 2. The van der Waals surface area contributed by atoms with Crippen LogP contribution in [0.5, 0.6) is 5.75 Å². The molecule has 5 rings (SSSR count). The van der Waals surface area contributed by atoms with Crippen molar-refractivity contribution in [2.75, 3.05) is 26.7 Å². The van der Waals surface area contributed by atoms with Gasteiger partial charge in [0.05, 0.1) is 7.11 Å². The van der Waals surface area contributed by atoms with Gasteiger partial charge in [-0.1, -0.05) is 36.4 Å². The van der Waals surface area contributed by atoms with Crippen LogP contribution in [0.1, 0.15) is 36.1 Å². The molecular weight excluding hydrogens is 356 g/mol. The molecule has 1 N–H and O–H groups in total. The lowest BCUT2D eigenvalue weighted by atomic mass is 9.84.